The van der Waals surface area contributed by atoms with Crippen molar-refractivity contribution in [2.75, 3.05) is 13.2 Å². The Hall–Kier alpha value is -1.00. The fourth-order valence-corrected chi connectivity index (χ4v) is 2.18. The van der Waals surface area contributed by atoms with Gasteiger partial charge in [-0.25, -0.2) is 8.78 Å². The van der Waals surface area contributed by atoms with Crippen molar-refractivity contribution in [1.29, 1.82) is 0 Å². The molecule has 0 amide bonds. The Kier molecular flexibility index (Phi) is 6.95. The standard InChI is InChI=1S/C15H23F2NO/c1-3-4-12(7-8-19)10-18-11(2)13-5-6-14(16)15(17)9-13/h5-6,9,11-12,18-19H,3-4,7-8,10H2,1-2H3. The summed E-state index contributed by atoms with van der Waals surface area (Å²) >= 11 is 0. The van der Waals surface area contributed by atoms with E-state index in [-0.39, 0.29) is 12.6 Å². The summed E-state index contributed by atoms with van der Waals surface area (Å²) in [5.41, 5.74) is 0.734. The summed E-state index contributed by atoms with van der Waals surface area (Å²) in [5, 5.41) is 12.3. The third-order valence-corrected chi connectivity index (χ3v) is 3.39. The normalized spacial score (nSPS) is 14.4. The van der Waals surface area contributed by atoms with Gasteiger partial charge in [-0.15, -0.1) is 0 Å². The van der Waals surface area contributed by atoms with Gasteiger partial charge in [0.25, 0.3) is 0 Å². The number of aliphatic hydroxyl groups excluding tert-OH is 1. The first-order valence-electron chi connectivity index (χ1n) is 6.87. The molecular weight excluding hydrogens is 248 g/mol. The van der Waals surface area contributed by atoms with Gasteiger partial charge in [0.1, 0.15) is 0 Å². The minimum Gasteiger partial charge on any atom is -0.396 e. The molecule has 1 aromatic rings. The van der Waals surface area contributed by atoms with Gasteiger partial charge >= 0.3 is 0 Å². The summed E-state index contributed by atoms with van der Waals surface area (Å²) in [4.78, 5) is 0. The van der Waals surface area contributed by atoms with E-state index in [1.165, 1.54) is 6.07 Å². The summed E-state index contributed by atoms with van der Waals surface area (Å²) in [6, 6.07) is 3.94. The van der Waals surface area contributed by atoms with Crippen LogP contribution in [0.2, 0.25) is 0 Å². The van der Waals surface area contributed by atoms with Crippen LogP contribution in [0.4, 0.5) is 8.78 Å². The highest BCUT2D eigenvalue weighted by Crippen LogP contribution is 2.17. The van der Waals surface area contributed by atoms with Gasteiger partial charge in [0.2, 0.25) is 0 Å². The Bertz CT molecular complexity index is 378. The molecule has 0 aromatic heterocycles. The third-order valence-electron chi connectivity index (χ3n) is 3.39. The molecule has 0 saturated carbocycles. The molecule has 0 aliphatic carbocycles. The van der Waals surface area contributed by atoms with Crippen LogP contribution < -0.4 is 5.32 Å². The van der Waals surface area contributed by atoms with Gasteiger partial charge < -0.3 is 10.4 Å². The van der Waals surface area contributed by atoms with E-state index in [9.17, 15) is 8.78 Å². The Morgan fingerprint density at radius 2 is 1.95 bits per heavy atom. The van der Waals surface area contributed by atoms with Gasteiger partial charge in [0.15, 0.2) is 11.6 Å². The first kappa shape index (κ1) is 16.1. The van der Waals surface area contributed by atoms with Crippen molar-refractivity contribution in [1.82, 2.24) is 5.32 Å². The summed E-state index contributed by atoms with van der Waals surface area (Å²) in [5.74, 6) is -1.21. The predicted molar refractivity (Wildman–Crippen MR) is 72.9 cm³/mol. The second kappa shape index (κ2) is 8.23. The summed E-state index contributed by atoms with van der Waals surface area (Å²) in [6.45, 7) is 5.00. The molecule has 2 nitrogen and oxygen atoms in total. The molecule has 2 unspecified atom stereocenters. The van der Waals surface area contributed by atoms with Crippen molar-refractivity contribution in [2.45, 2.75) is 39.2 Å². The van der Waals surface area contributed by atoms with Crippen LogP contribution >= 0.6 is 0 Å². The Balaban J connectivity index is 2.53. The molecule has 2 atom stereocenters. The van der Waals surface area contributed by atoms with Gasteiger partial charge in [-0.2, -0.15) is 0 Å². The lowest BCUT2D eigenvalue weighted by molar-refractivity contribution is 0.246. The second-order valence-electron chi connectivity index (χ2n) is 4.97. The highest BCUT2D eigenvalue weighted by molar-refractivity contribution is 5.20. The molecule has 0 aliphatic rings. The molecule has 108 valence electrons. The van der Waals surface area contributed by atoms with Crippen LogP contribution in [0.15, 0.2) is 18.2 Å². The number of nitrogens with one attached hydrogen (secondary N) is 1. The maximum Gasteiger partial charge on any atom is 0.159 e. The molecule has 0 saturated heterocycles. The maximum atomic E-state index is 13.1. The van der Waals surface area contributed by atoms with Crippen molar-refractivity contribution >= 4 is 0 Å². The van der Waals surface area contributed by atoms with Gasteiger partial charge in [-0.1, -0.05) is 19.4 Å². The monoisotopic (exact) mass is 271 g/mol. The summed E-state index contributed by atoms with van der Waals surface area (Å²) in [6.07, 6.45) is 2.90. The van der Waals surface area contributed by atoms with E-state index in [4.69, 9.17) is 5.11 Å². The van der Waals surface area contributed by atoms with Gasteiger partial charge in [-0.05, 0) is 49.9 Å². The molecular formula is C15H23F2NO. The number of rotatable bonds is 8. The topological polar surface area (TPSA) is 32.3 Å². The highest BCUT2D eigenvalue weighted by Gasteiger charge is 2.12. The van der Waals surface area contributed by atoms with E-state index in [0.717, 1.165) is 37.4 Å². The van der Waals surface area contributed by atoms with Crippen molar-refractivity contribution in [2.24, 2.45) is 5.92 Å². The minimum atomic E-state index is -0.819. The van der Waals surface area contributed by atoms with E-state index < -0.39 is 11.6 Å². The van der Waals surface area contributed by atoms with E-state index >= 15 is 0 Å². The largest absolute Gasteiger partial charge is 0.396 e. The Morgan fingerprint density at radius 3 is 2.53 bits per heavy atom. The zero-order valence-electron chi connectivity index (χ0n) is 11.6. The highest BCUT2D eigenvalue weighted by atomic mass is 19.2. The zero-order chi connectivity index (χ0) is 14.3. The molecule has 4 heteroatoms. The molecule has 19 heavy (non-hydrogen) atoms. The van der Waals surface area contributed by atoms with E-state index in [0.29, 0.717) is 5.92 Å². The van der Waals surface area contributed by atoms with Gasteiger partial charge in [0, 0.05) is 12.6 Å². The van der Waals surface area contributed by atoms with Crippen molar-refractivity contribution in [3.8, 4) is 0 Å². The smallest absolute Gasteiger partial charge is 0.159 e. The number of hydrogen-bond acceptors (Lipinski definition) is 2. The summed E-state index contributed by atoms with van der Waals surface area (Å²) < 4.78 is 26.0. The SMILES string of the molecule is CCCC(CCO)CNC(C)c1ccc(F)c(F)c1. The van der Waals surface area contributed by atoms with E-state index in [1.54, 1.807) is 6.07 Å². The summed E-state index contributed by atoms with van der Waals surface area (Å²) in [7, 11) is 0. The number of halogens is 2. The van der Waals surface area contributed by atoms with Crippen molar-refractivity contribution in [3.63, 3.8) is 0 Å². The molecule has 0 fully saturated rings. The molecule has 2 N–H and O–H groups in total. The van der Waals surface area contributed by atoms with E-state index in [2.05, 4.69) is 12.2 Å². The maximum absolute atomic E-state index is 13.1. The molecule has 0 radical (unpaired) electrons. The van der Waals surface area contributed by atoms with Crippen molar-refractivity contribution in [3.05, 3.63) is 35.4 Å². The molecule has 1 rings (SSSR count). The lowest BCUT2D eigenvalue weighted by atomic mass is 9.99. The predicted octanol–water partition coefficient (Wildman–Crippen LogP) is 3.41. The lowest BCUT2D eigenvalue weighted by Gasteiger charge is -2.20. The molecule has 0 heterocycles. The van der Waals surface area contributed by atoms with Crippen LogP contribution in [0.5, 0.6) is 0 Å². The van der Waals surface area contributed by atoms with Gasteiger partial charge in [-0.3, -0.25) is 0 Å². The molecule has 0 bridgehead atoms. The quantitative estimate of drug-likeness (QED) is 0.759. The van der Waals surface area contributed by atoms with E-state index in [1.807, 2.05) is 6.92 Å². The van der Waals surface area contributed by atoms with Crippen LogP contribution in [-0.4, -0.2) is 18.3 Å². The fourth-order valence-electron chi connectivity index (χ4n) is 2.18. The van der Waals surface area contributed by atoms with Crippen LogP contribution in [-0.2, 0) is 0 Å². The zero-order valence-corrected chi connectivity index (χ0v) is 11.6. The minimum absolute atomic E-state index is 0.0341. The Labute approximate surface area is 113 Å². The van der Waals surface area contributed by atoms with Crippen LogP contribution in [0.3, 0.4) is 0 Å². The molecule has 1 aromatic carbocycles. The molecule has 0 spiro atoms. The van der Waals surface area contributed by atoms with Crippen LogP contribution in [0, 0.1) is 17.6 Å². The second-order valence-corrected chi connectivity index (χ2v) is 4.97. The molecule has 0 aliphatic heterocycles. The van der Waals surface area contributed by atoms with Crippen molar-refractivity contribution < 1.29 is 13.9 Å². The van der Waals surface area contributed by atoms with Crippen LogP contribution in [0.1, 0.15) is 44.7 Å². The average molecular weight is 271 g/mol. The first-order chi connectivity index (χ1) is 9.08. The lowest BCUT2D eigenvalue weighted by Crippen LogP contribution is -2.26. The average Bonchev–Trinajstić information content (AvgIpc) is 2.39. The number of benzene rings is 1. The number of hydrogen-bond donors (Lipinski definition) is 2. The third kappa shape index (κ3) is 5.25. The van der Waals surface area contributed by atoms with Crippen LogP contribution in [0.25, 0.3) is 0 Å². The first-order valence-corrected chi connectivity index (χ1v) is 6.87. The number of aliphatic hydroxyl groups is 1. The van der Waals surface area contributed by atoms with Gasteiger partial charge in [0.05, 0.1) is 0 Å². The Morgan fingerprint density at radius 1 is 1.21 bits per heavy atom. The fraction of sp³-hybridized carbons (Fsp3) is 0.600.